The van der Waals surface area contributed by atoms with Crippen LogP contribution in [0.5, 0.6) is 0 Å². The molecule has 27 heavy (non-hydrogen) atoms. The fraction of sp³-hybridized carbons (Fsp3) is 0.818. The molecule has 1 aliphatic carbocycles. The summed E-state index contributed by atoms with van der Waals surface area (Å²) in [5.41, 5.74) is 2.21. The Morgan fingerprint density at radius 1 is 1.15 bits per heavy atom. The number of fused-ring (bicyclic) bond motifs is 2. The number of nitrogens with one attached hydrogen (secondary N) is 1. The highest BCUT2D eigenvalue weighted by molar-refractivity contribution is 5.34. The molecule has 5 nitrogen and oxygen atoms in total. The highest BCUT2D eigenvalue weighted by atomic mass is 16.1. The summed E-state index contributed by atoms with van der Waals surface area (Å²) in [6, 6.07) is 1.36. The molecule has 0 aromatic carbocycles. The van der Waals surface area contributed by atoms with Crippen molar-refractivity contribution in [2.75, 3.05) is 26.2 Å². The van der Waals surface area contributed by atoms with Gasteiger partial charge in [0.15, 0.2) is 0 Å². The average Bonchev–Trinajstić information content (AvgIpc) is 3.22. The van der Waals surface area contributed by atoms with Gasteiger partial charge in [-0.3, -0.25) is 14.6 Å². The predicted molar refractivity (Wildman–Crippen MR) is 109 cm³/mol. The second-order valence-corrected chi connectivity index (χ2v) is 10.3. The largest absolute Gasteiger partial charge is 0.310 e. The third kappa shape index (κ3) is 3.38. The van der Waals surface area contributed by atoms with Gasteiger partial charge in [0.05, 0.1) is 5.69 Å². The number of piperidine rings is 1. The minimum Gasteiger partial charge on any atom is -0.310 e. The van der Waals surface area contributed by atoms with E-state index in [2.05, 4.69) is 49.4 Å². The van der Waals surface area contributed by atoms with Crippen LogP contribution in [0.15, 0.2) is 4.79 Å². The normalized spacial score (nSPS) is 26.2. The lowest BCUT2D eigenvalue weighted by atomic mass is 9.75. The monoisotopic (exact) mass is 372 g/mol. The van der Waals surface area contributed by atoms with Crippen molar-refractivity contribution >= 4 is 0 Å². The molecule has 2 aliphatic heterocycles. The summed E-state index contributed by atoms with van der Waals surface area (Å²) in [5.74, 6) is 0.846. The van der Waals surface area contributed by atoms with E-state index in [1.165, 1.54) is 19.5 Å². The van der Waals surface area contributed by atoms with Crippen molar-refractivity contribution in [3.63, 3.8) is 0 Å². The molecule has 5 heteroatoms. The van der Waals surface area contributed by atoms with E-state index in [1.807, 2.05) is 0 Å². The Morgan fingerprint density at radius 3 is 2.44 bits per heavy atom. The number of rotatable bonds is 2. The van der Waals surface area contributed by atoms with Crippen molar-refractivity contribution in [1.29, 1.82) is 0 Å². The minimum atomic E-state index is -0.122. The summed E-state index contributed by atoms with van der Waals surface area (Å²) < 4.78 is 0. The van der Waals surface area contributed by atoms with Crippen LogP contribution in [0, 0.1) is 0 Å². The first kappa shape index (κ1) is 19.1. The topological polar surface area (TPSA) is 52.2 Å². The maximum Gasteiger partial charge on any atom is 0.254 e. The van der Waals surface area contributed by atoms with E-state index in [4.69, 9.17) is 4.98 Å². The van der Waals surface area contributed by atoms with Crippen LogP contribution in [-0.4, -0.2) is 58.0 Å². The molecular formula is C22H36N4O. The van der Waals surface area contributed by atoms with Gasteiger partial charge in [0.2, 0.25) is 0 Å². The van der Waals surface area contributed by atoms with E-state index >= 15 is 0 Å². The molecule has 0 amide bonds. The number of likely N-dealkylation sites (tertiary alicyclic amines) is 2. The first-order valence-corrected chi connectivity index (χ1v) is 10.8. The van der Waals surface area contributed by atoms with Gasteiger partial charge >= 0.3 is 0 Å². The molecule has 1 unspecified atom stereocenters. The number of aromatic amines is 1. The first-order chi connectivity index (χ1) is 12.7. The number of hydrogen-bond donors (Lipinski definition) is 1. The van der Waals surface area contributed by atoms with Crippen LogP contribution in [0.3, 0.4) is 0 Å². The van der Waals surface area contributed by atoms with Crippen molar-refractivity contribution in [3.05, 3.63) is 27.4 Å². The average molecular weight is 373 g/mol. The van der Waals surface area contributed by atoms with Crippen LogP contribution in [0.4, 0.5) is 0 Å². The van der Waals surface area contributed by atoms with Crippen molar-refractivity contribution in [3.8, 4) is 0 Å². The number of hydrogen-bond acceptors (Lipinski definition) is 4. The molecule has 150 valence electrons. The Labute approximate surface area is 163 Å². The molecule has 2 fully saturated rings. The lowest BCUT2D eigenvalue weighted by Crippen LogP contribution is -2.48. The second kappa shape index (κ2) is 6.70. The lowest BCUT2D eigenvalue weighted by molar-refractivity contribution is 0.111. The van der Waals surface area contributed by atoms with Crippen LogP contribution >= 0.6 is 0 Å². The van der Waals surface area contributed by atoms with Crippen LogP contribution in [0.1, 0.15) is 77.4 Å². The predicted octanol–water partition coefficient (Wildman–Crippen LogP) is 2.83. The number of nitrogens with zero attached hydrogens (tertiary/aromatic N) is 3. The summed E-state index contributed by atoms with van der Waals surface area (Å²) in [4.78, 5) is 26.1. The van der Waals surface area contributed by atoms with Gasteiger partial charge in [-0.25, -0.2) is 4.98 Å². The first-order valence-electron chi connectivity index (χ1n) is 10.8. The third-order valence-corrected chi connectivity index (χ3v) is 7.28. The van der Waals surface area contributed by atoms with Crippen LogP contribution < -0.4 is 5.56 Å². The fourth-order valence-electron chi connectivity index (χ4n) is 5.35. The van der Waals surface area contributed by atoms with E-state index in [1.54, 1.807) is 0 Å². The van der Waals surface area contributed by atoms with E-state index in [-0.39, 0.29) is 16.4 Å². The maximum atomic E-state index is 12.7. The van der Waals surface area contributed by atoms with Gasteiger partial charge in [-0.05, 0) is 59.0 Å². The van der Waals surface area contributed by atoms with Crippen LogP contribution in [0.2, 0.25) is 0 Å². The fourth-order valence-corrected chi connectivity index (χ4v) is 5.35. The number of H-pyrrole nitrogens is 1. The highest BCUT2D eigenvalue weighted by Gasteiger charge is 2.45. The molecule has 0 bridgehead atoms. The summed E-state index contributed by atoms with van der Waals surface area (Å²) in [7, 11) is 0. The van der Waals surface area contributed by atoms with E-state index in [0.29, 0.717) is 12.1 Å². The molecule has 2 saturated heterocycles. The minimum absolute atomic E-state index is 0.104. The summed E-state index contributed by atoms with van der Waals surface area (Å²) in [6.07, 6.45) is 5.60. The Balaban J connectivity index is 1.52. The Kier molecular flexibility index (Phi) is 4.75. The second-order valence-electron chi connectivity index (χ2n) is 10.3. The van der Waals surface area contributed by atoms with Crippen LogP contribution in [0.25, 0.3) is 0 Å². The summed E-state index contributed by atoms with van der Waals surface area (Å²) in [6.45, 7) is 15.7. The van der Waals surface area contributed by atoms with Gasteiger partial charge in [0.1, 0.15) is 5.82 Å². The quantitative estimate of drug-likeness (QED) is 0.867. The summed E-state index contributed by atoms with van der Waals surface area (Å²) >= 11 is 0. The molecule has 3 heterocycles. The molecule has 0 saturated carbocycles. The molecule has 4 rings (SSSR count). The molecule has 1 atom stereocenters. The zero-order valence-electron chi connectivity index (χ0n) is 17.8. The van der Waals surface area contributed by atoms with Crippen LogP contribution in [-0.2, 0) is 17.3 Å². The standard InChI is InChI=1S/C22H36N4O/c1-15(2)26-11-7-16(14-26)25-12-9-22(10-13-25)8-6-17-18(22)23-20(21(3,4)5)24-19(17)27/h15-16H,6-14H2,1-5H3,(H,23,24,27). The van der Waals surface area contributed by atoms with Gasteiger partial charge < -0.3 is 4.98 Å². The Bertz CT molecular complexity index is 753. The van der Waals surface area contributed by atoms with Gasteiger partial charge in [-0.1, -0.05) is 20.8 Å². The highest BCUT2D eigenvalue weighted by Crippen LogP contribution is 2.45. The number of aromatic nitrogens is 2. The van der Waals surface area contributed by atoms with Gasteiger partial charge in [-0.15, -0.1) is 0 Å². The molecule has 1 aromatic rings. The van der Waals surface area contributed by atoms with E-state index < -0.39 is 0 Å². The zero-order valence-corrected chi connectivity index (χ0v) is 17.8. The Morgan fingerprint density at radius 2 is 1.85 bits per heavy atom. The molecule has 1 spiro atoms. The van der Waals surface area contributed by atoms with Crippen molar-refractivity contribution < 1.29 is 0 Å². The summed E-state index contributed by atoms with van der Waals surface area (Å²) in [5, 5.41) is 0. The van der Waals surface area contributed by atoms with E-state index in [9.17, 15) is 4.79 Å². The maximum absolute atomic E-state index is 12.7. The lowest BCUT2D eigenvalue weighted by Gasteiger charge is -2.42. The molecule has 0 radical (unpaired) electrons. The molecule has 1 N–H and O–H groups in total. The SMILES string of the molecule is CC(C)N1CCC(N2CCC3(CCc4c3nc(C(C)(C)C)[nH]c4=O)CC2)C1. The third-order valence-electron chi connectivity index (χ3n) is 7.28. The molecular weight excluding hydrogens is 336 g/mol. The van der Waals surface area contributed by atoms with Crippen molar-refractivity contribution in [2.45, 2.75) is 89.6 Å². The molecule has 1 aromatic heterocycles. The van der Waals surface area contributed by atoms with Crippen molar-refractivity contribution in [2.24, 2.45) is 0 Å². The Hall–Kier alpha value is -1.20. The van der Waals surface area contributed by atoms with Crippen molar-refractivity contribution in [1.82, 2.24) is 19.8 Å². The van der Waals surface area contributed by atoms with Gasteiger partial charge in [-0.2, -0.15) is 0 Å². The van der Waals surface area contributed by atoms with Gasteiger partial charge in [0, 0.05) is 41.6 Å². The smallest absolute Gasteiger partial charge is 0.254 e. The van der Waals surface area contributed by atoms with Gasteiger partial charge in [0.25, 0.3) is 5.56 Å². The van der Waals surface area contributed by atoms with E-state index in [0.717, 1.165) is 55.9 Å². The zero-order chi connectivity index (χ0) is 19.4. The molecule has 3 aliphatic rings.